The Hall–Kier alpha value is -1.75. The number of amides is 2. The zero-order chi connectivity index (χ0) is 11.3. The molecular weight excluding hydrogens is 194 g/mol. The van der Waals surface area contributed by atoms with Crippen LogP contribution in [-0.2, 0) is 6.54 Å². The number of nitrogens with one attached hydrogen (secondary N) is 2. The number of hydrogen-bond donors (Lipinski definition) is 3. The summed E-state index contributed by atoms with van der Waals surface area (Å²) in [7, 11) is 3.09. The molecule has 1 rings (SSSR count). The van der Waals surface area contributed by atoms with Crippen molar-refractivity contribution in [3.05, 3.63) is 23.8 Å². The standard InChI is InChI=1S/C10H15N3O2/c1-12-10(14)13-9-7(6-11)4-3-5-8(9)15-2/h3-5H,6,11H2,1-2H3,(H2,12,13,14). The molecule has 0 unspecified atom stereocenters. The number of benzene rings is 1. The van der Waals surface area contributed by atoms with Crippen molar-refractivity contribution in [2.24, 2.45) is 5.73 Å². The number of carbonyl (C=O) groups is 1. The number of methoxy groups -OCH3 is 1. The Bertz CT molecular complexity index is 330. The molecule has 0 aliphatic heterocycles. The minimum absolute atomic E-state index is 0.297. The van der Waals surface area contributed by atoms with Crippen LogP contribution in [0.5, 0.6) is 5.75 Å². The van der Waals surface area contributed by atoms with E-state index >= 15 is 0 Å². The Labute approximate surface area is 88.6 Å². The van der Waals surface area contributed by atoms with Crippen LogP contribution >= 0.6 is 0 Å². The van der Waals surface area contributed by atoms with E-state index in [-0.39, 0.29) is 6.03 Å². The summed E-state index contributed by atoms with van der Waals surface area (Å²) < 4.78 is 5.14. The monoisotopic (exact) mass is 209 g/mol. The normalized spacial score (nSPS) is 9.53. The van der Waals surface area contributed by atoms with Gasteiger partial charge in [0, 0.05) is 13.6 Å². The maximum atomic E-state index is 11.2. The Morgan fingerprint density at radius 1 is 1.53 bits per heavy atom. The third-order valence-corrected chi connectivity index (χ3v) is 2.02. The zero-order valence-electron chi connectivity index (χ0n) is 8.83. The van der Waals surface area contributed by atoms with E-state index in [0.717, 1.165) is 5.56 Å². The molecule has 5 nitrogen and oxygen atoms in total. The lowest BCUT2D eigenvalue weighted by Crippen LogP contribution is -2.25. The van der Waals surface area contributed by atoms with E-state index in [1.54, 1.807) is 20.2 Å². The van der Waals surface area contributed by atoms with E-state index < -0.39 is 0 Å². The predicted octanol–water partition coefficient (Wildman–Crippen LogP) is 0.905. The Kier molecular flexibility index (Phi) is 3.93. The molecule has 0 heterocycles. The van der Waals surface area contributed by atoms with E-state index in [2.05, 4.69) is 10.6 Å². The van der Waals surface area contributed by atoms with Gasteiger partial charge in [-0.1, -0.05) is 12.1 Å². The minimum atomic E-state index is -0.297. The van der Waals surface area contributed by atoms with Gasteiger partial charge < -0.3 is 21.1 Å². The zero-order valence-corrected chi connectivity index (χ0v) is 8.83. The fourth-order valence-electron chi connectivity index (χ4n) is 1.23. The number of urea groups is 1. The first-order chi connectivity index (χ1) is 7.22. The van der Waals surface area contributed by atoms with E-state index in [9.17, 15) is 4.79 Å². The first-order valence-corrected chi connectivity index (χ1v) is 4.57. The fraction of sp³-hybridized carbons (Fsp3) is 0.300. The van der Waals surface area contributed by atoms with Crippen molar-refractivity contribution in [3.8, 4) is 5.75 Å². The smallest absolute Gasteiger partial charge is 0.319 e. The van der Waals surface area contributed by atoms with Crippen LogP contribution in [0.2, 0.25) is 0 Å². The summed E-state index contributed by atoms with van der Waals surface area (Å²) >= 11 is 0. The molecule has 4 N–H and O–H groups in total. The Morgan fingerprint density at radius 3 is 2.80 bits per heavy atom. The number of anilines is 1. The van der Waals surface area contributed by atoms with Crippen LogP contribution in [-0.4, -0.2) is 20.2 Å². The van der Waals surface area contributed by atoms with Crippen LogP contribution in [0.4, 0.5) is 10.5 Å². The largest absolute Gasteiger partial charge is 0.495 e. The Balaban J connectivity index is 3.05. The molecule has 0 aromatic heterocycles. The van der Waals surface area contributed by atoms with Crippen LogP contribution in [0, 0.1) is 0 Å². The Morgan fingerprint density at radius 2 is 2.27 bits per heavy atom. The predicted molar refractivity (Wildman–Crippen MR) is 59.0 cm³/mol. The van der Waals surface area contributed by atoms with Gasteiger partial charge in [-0.2, -0.15) is 0 Å². The van der Waals surface area contributed by atoms with Gasteiger partial charge in [0.15, 0.2) is 0 Å². The van der Waals surface area contributed by atoms with Gasteiger partial charge in [0.2, 0.25) is 0 Å². The molecule has 1 aromatic carbocycles. The van der Waals surface area contributed by atoms with Crippen molar-refractivity contribution in [1.29, 1.82) is 0 Å². The van der Waals surface area contributed by atoms with Crippen LogP contribution in [0.1, 0.15) is 5.56 Å². The third-order valence-electron chi connectivity index (χ3n) is 2.02. The number of hydrogen-bond acceptors (Lipinski definition) is 3. The molecule has 0 spiro atoms. The molecule has 0 radical (unpaired) electrons. The lowest BCUT2D eigenvalue weighted by Gasteiger charge is -2.13. The minimum Gasteiger partial charge on any atom is -0.495 e. The maximum absolute atomic E-state index is 11.2. The topological polar surface area (TPSA) is 76.4 Å². The highest BCUT2D eigenvalue weighted by Gasteiger charge is 2.09. The molecule has 2 amide bonds. The number of carbonyl (C=O) groups excluding carboxylic acids is 1. The lowest BCUT2D eigenvalue weighted by atomic mass is 10.1. The number of nitrogens with two attached hydrogens (primary N) is 1. The maximum Gasteiger partial charge on any atom is 0.319 e. The summed E-state index contributed by atoms with van der Waals surface area (Å²) in [5.41, 5.74) is 7.01. The van der Waals surface area contributed by atoms with Gasteiger partial charge in [0.1, 0.15) is 5.75 Å². The van der Waals surface area contributed by atoms with E-state index in [4.69, 9.17) is 10.5 Å². The molecule has 5 heteroatoms. The summed E-state index contributed by atoms with van der Waals surface area (Å²) in [6, 6.07) is 5.14. The highest BCUT2D eigenvalue weighted by Crippen LogP contribution is 2.27. The van der Waals surface area contributed by atoms with Crippen LogP contribution in [0.3, 0.4) is 0 Å². The van der Waals surface area contributed by atoms with Gasteiger partial charge in [0.05, 0.1) is 12.8 Å². The molecular formula is C10H15N3O2. The molecule has 0 bridgehead atoms. The molecule has 0 fully saturated rings. The highest BCUT2D eigenvalue weighted by atomic mass is 16.5. The van der Waals surface area contributed by atoms with Crippen molar-refractivity contribution < 1.29 is 9.53 Å². The van der Waals surface area contributed by atoms with E-state index in [1.165, 1.54) is 0 Å². The van der Waals surface area contributed by atoms with Crippen molar-refractivity contribution in [1.82, 2.24) is 5.32 Å². The second-order valence-corrected chi connectivity index (χ2v) is 2.90. The molecule has 0 aliphatic carbocycles. The van der Waals surface area contributed by atoms with Gasteiger partial charge in [-0.3, -0.25) is 0 Å². The first kappa shape index (κ1) is 11.3. The number of rotatable bonds is 3. The van der Waals surface area contributed by atoms with Crippen LogP contribution in [0.25, 0.3) is 0 Å². The summed E-state index contributed by atoms with van der Waals surface area (Å²) in [5, 5.41) is 5.15. The number of ether oxygens (including phenoxy) is 1. The van der Waals surface area contributed by atoms with Gasteiger partial charge in [-0.25, -0.2) is 4.79 Å². The molecule has 1 aromatic rings. The van der Waals surface area contributed by atoms with Crippen LogP contribution in [0.15, 0.2) is 18.2 Å². The first-order valence-electron chi connectivity index (χ1n) is 4.57. The highest BCUT2D eigenvalue weighted by molar-refractivity contribution is 5.91. The second kappa shape index (κ2) is 5.21. The number of para-hydroxylation sites is 1. The van der Waals surface area contributed by atoms with Crippen LogP contribution < -0.4 is 21.1 Å². The van der Waals surface area contributed by atoms with Crippen molar-refractivity contribution in [2.45, 2.75) is 6.54 Å². The van der Waals surface area contributed by atoms with Gasteiger partial charge in [-0.15, -0.1) is 0 Å². The molecule has 0 saturated heterocycles. The van der Waals surface area contributed by atoms with E-state index in [0.29, 0.717) is 18.0 Å². The van der Waals surface area contributed by atoms with Gasteiger partial charge in [0.25, 0.3) is 0 Å². The molecule has 0 aliphatic rings. The average Bonchev–Trinajstić information content (AvgIpc) is 2.29. The van der Waals surface area contributed by atoms with Gasteiger partial charge in [-0.05, 0) is 11.6 Å². The quantitative estimate of drug-likeness (QED) is 0.692. The summed E-state index contributed by atoms with van der Waals surface area (Å²) in [6.45, 7) is 0.344. The summed E-state index contributed by atoms with van der Waals surface area (Å²) in [4.78, 5) is 11.2. The summed E-state index contributed by atoms with van der Waals surface area (Å²) in [6.07, 6.45) is 0. The summed E-state index contributed by atoms with van der Waals surface area (Å²) in [5.74, 6) is 0.599. The average molecular weight is 209 g/mol. The van der Waals surface area contributed by atoms with Gasteiger partial charge >= 0.3 is 6.03 Å². The SMILES string of the molecule is CNC(=O)Nc1c(CN)cccc1OC. The molecule has 82 valence electrons. The van der Waals surface area contributed by atoms with Crippen molar-refractivity contribution in [2.75, 3.05) is 19.5 Å². The fourth-order valence-corrected chi connectivity index (χ4v) is 1.23. The molecule has 0 atom stereocenters. The van der Waals surface area contributed by atoms with Crippen molar-refractivity contribution in [3.63, 3.8) is 0 Å². The van der Waals surface area contributed by atoms with E-state index in [1.807, 2.05) is 12.1 Å². The third kappa shape index (κ3) is 2.60. The van der Waals surface area contributed by atoms with Crippen molar-refractivity contribution >= 4 is 11.7 Å². The second-order valence-electron chi connectivity index (χ2n) is 2.90. The molecule has 15 heavy (non-hydrogen) atoms. The lowest BCUT2D eigenvalue weighted by molar-refractivity contribution is 0.254. The molecule has 0 saturated carbocycles.